The van der Waals surface area contributed by atoms with Crippen molar-refractivity contribution in [1.82, 2.24) is 0 Å². The lowest BCUT2D eigenvalue weighted by Crippen LogP contribution is -2.47. The van der Waals surface area contributed by atoms with E-state index in [-0.39, 0.29) is 22.4 Å². The fraction of sp³-hybridized carbons (Fsp3) is 0.933. The molecular weight excluding hydrogens is 212 g/mol. The molecule has 1 aliphatic carbocycles. The summed E-state index contributed by atoms with van der Waals surface area (Å²) in [5.41, 5.74) is -0.569. The molecule has 0 spiro atoms. The van der Waals surface area contributed by atoms with E-state index < -0.39 is 0 Å². The first-order chi connectivity index (χ1) is 7.65. The van der Waals surface area contributed by atoms with E-state index in [0.29, 0.717) is 0 Å². The highest BCUT2D eigenvalue weighted by atomic mass is 16.6. The summed E-state index contributed by atoms with van der Waals surface area (Å²) in [7, 11) is 0. The van der Waals surface area contributed by atoms with Crippen LogP contribution in [-0.2, 0) is 9.53 Å². The van der Waals surface area contributed by atoms with Gasteiger partial charge in [-0.1, -0.05) is 27.7 Å². The molecule has 17 heavy (non-hydrogen) atoms. The summed E-state index contributed by atoms with van der Waals surface area (Å²) in [5, 5.41) is 0. The van der Waals surface area contributed by atoms with Crippen molar-refractivity contribution in [3.63, 3.8) is 0 Å². The monoisotopic (exact) mass is 240 g/mol. The highest BCUT2D eigenvalue weighted by Gasteiger charge is 2.48. The highest BCUT2D eigenvalue weighted by molar-refractivity contribution is 5.76. The van der Waals surface area contributed by atoms with Crippen LogP contribution in [0.4, 0.5) is 0 Å². The van der Waals surface area contributed by atoms with Crippen LogP contribution in [0.15, 0.2) is 0 Å². The lowest BCUT2D eigenvalue weighted by atomic mass is 9.74. The van der Waals surface area contributed by atoms with Gasteiger partial charge in [0.15, 0.2) is 0 Å². The molecule has 0 saturated heterocycles. The second-order valence-electron chi connectivity index (χ2n) is 7.08. The maximum atomic E-state index is 12.3. The van der Waals surface area contributed by atoms with Gasteiger partial charge in [0.25, 0.3) is 0 Å². The molecule has 2 nitrogen and oxygen atoms in total. The Morgan fingerprint density at radius 3 is 1.94 bits per heavy atom. The third-order valence-electron chi connectivity index (χ3n) is 4.50. The molecule has 0 amide bonds. The van der Waals surface area contributed by atoms with Crippen molar-refractivity contribution in [2.24, 2.45) is 10.8 Å². The van der Waals surface area contributed by atoms with Crippen LogP contribution in [0.3, 0.4) is 0 Å². The van der Waals surface area contributed by atoms with Gasteiger partial charge in [-0.2, -0.15) is 0 Å². The van der Waals surface area contributed by atoms with Crippen molar-refractivity contribution in [2.45, 2.75) is 79.2 Å². The average molecular weight is 240 g/mol. The van der Waals surface area contributed by atoms with Gasteiger partial charge in [-0.3, -0.25) is 4.79 Å². The smallest absolute Gasteiger partial charge is 0.312 e. The Bertz CT molecular complexity index is 278. The molecule has 100 valence electrons. The Balaban J connectivity index is 2.86. The number of esters is 1. The maximum absolute atomic E-state index is 12.3. The molecule has 0 aliphatic heterocycles. The third kappa shape index (κ3) is 2.83. The molecule has 0 aromatic heterocycles. The largest absolute Gasteiger partial charge is 0.458 e. The molecule has 0 unspecified atom stereocenters. The normalized spacial score (nSPS) is 20.4. The lowest BCUT2D eigenvalue weighted by Gasteiger charge is -2.42. The quantitative estimate of drug-likeness (QED) is 0.686. The fourth-order valence-corrected chi connectivity index (χ4v) is 2.41. The Labute approximate surface area is 106 Å². The van der Waals surface area contributed by atoms with E-state index in [0.717, 1.165) is 19.3 Å². The SMILES string of the molecule is CCC(C)(C)C(=O)OC1(C(C)(C)C)CCCC1. The predicted octanol–water partition coefficient (Wildman–Crippen LogP) is 4.32. The molecule has 1 rings (SSSR count). The average Bonchev–Trinajstić information content (AvgIpc) is 2.66. The number of ether oxygens (including phenoxy) is 1. The van der Waals surface area contributed by atoms with Crippen LogP contribution in [0.5, 0.6) is 0 Å². The number of rotatable bonds is 3. The van der Waals surface area contributed by atoms with Gasteiger partial charge in [0.1, 0.15) is 5.60 Å². The minimum absolute atomic E-state index is 0.0307. The Hall–Kier alpha value is -0.530. The van der Waals surface area contributed by atoms with Crippen LogP contribution >= 0.6 is 0 Å². The first kappa shape index (κ1) is 14.5. The molecule has 0 aromatic rings. The molecule has 0 atom stereocenters. The molecule has 1 saturated carbocycles. The fourth-order valence-electron chi connectivity index (χ4n) is 2.41. The van der Waals surface area contributed by atoms with Crippen LogP contribution in [0.25, 0.3) is 0 Å². The van der Waals surface area contributed by atoms with E-state index in [4.69, 9.17) is 4.74 Å². The second kappa shape index (κ2) is 4.62. The molecule has 0 aromatic carbocycles. The van der Waals surface area contributed by atoms with Crippen molar-refractivity contribution < 1.29 is 9.53 Å². The molecule has 0 radical (unpaired) electrons. The molecule has 1 fully saturated rings. The van der Waals surface area contributed by atoms with E-state index in [1.54, 1.807) is 0 Å². The highest BCUT2D eigenvalue weighted by Crippen LogP contribution is 2.47. The zero-order valence-corrected chi connectivity index (χ0v) is 12.4. The predicted molar refractivity (Wildman–Crippen MR) is 70.8 cm³/mol. The molecule has 1 aliphatic rings. The summed E-state index contributed by atoms with van der Waals surface area (Å²) >= 11 is 0. The summed E-state index contributed by atoms with van der Waals surface area (Å²) in [6.07, 6.45) is 5.21. The van der Waals surface area contributed by atoms with Gasteiger partial charge < -0.3 is 4.74 Å². The van der Waals surface area contributed by atoms with E-state index >= 15 is 0 Å². The van der Waals surface area contributed by atoms with Crippen LogP contribution < -0.4 is 0 Å². The van der Waals surface area contributed by atoms with E-state index in [2.05, 4.69) is 20.8 Å². The number of carbonyl (C=O) groups excluding carboxylic acids is 1. The summed E-state index contributed by atoms with van der Waals surface area (Å²) in [6, 6.07) is 0. The Morgan fingerprint density at radius 2 is 1.59 bits per heavy atom. The lowest BCUT2D eigenvalue weighted by molar-refractivity contribution is -0.183. The van der Waals surface area contributed by atoms with E-state index in [1.807, 2.05) is 20.8 Å². The summed E-state index contributed by atoms with van der Waals surface area (Å²) in [6.45, 7) is 12.5. The van der Waals surface area contributed by atoms with Crippen LogP contribution in [0.1, 0.15) is 73.6 Å². The van der Waals surface area contributed by atoms with Gasteiger partial charge in [0, 0.05) is 5.41 Å². The summed E-state index contributed by atoms with van der Waals surface area (Å²) in [4.78, 5) is 12.3. The van der Waals surface area contributed by atoms with Gasteiger partial charge in [0.05, 0.1) is 5.41 Å². The van der Waals surface area contributed by atoms with Crippen molar-refractivity contribution in [2.75, 3.05) is 0 Å². The summed E-state index contributed by atoms with van der Waals surface area (Å²) in [5.74, 6) is -0.0307. The number of hydrogen-bond acceptors (Lipinski definition) is 2. The standard InChI is InChI=1S/C15H28O2/c1-7-14(5,6)12(16)17-15(13(2,3)4)10-8-9-11-15/h7-11H2,1-6H3. The van der Waals surface area contributed by atoms with E-state index in [9.17, 15) is 4.79 Å². The van der Waals surface area contributed by atoms with Crippen molar-refractivity contribution in [3.8, 4) is 0 Å². The Morgan fingerprint density at radius 1 is 1.12 bits per heavy atom. The Kier molecular flexibility index (Phi) is 3.95. The first-order valence-corrected chi connectivity index (χ1v) is 6.88. The minimum Gasteiger partial charge on any atom is -0.458 e. The van der Waals surface area contributed by atoms with Crippen molar-refractivity contribution >= 4 is 5.97 Å². The first-order valence-electron chi connectivity index (χ1n) is 6.88. The molecule has 0 N–H and O–H groups in total. The zero-order chi connectivity index (χ0) is 13.3. The van der Waals surface area contributed by atoms with Gasteiger partial charge >= 0.3 is 5.97 Å². The third-order valence-corrected chi connectivity index (χ3v) is 4.50. The topological polar surface area (TPSA) is 26.3 Å². The number of hydrogen-bond donors (Lipinski definition) is 0. The maximum Gasteiger partial charge on any atom is 0.312 e. The van der Waals surface area contributed by atoms with Crippen molar-refractivity contribution in [3.05, 3.63) is 0 Å². The minimum atomic E-state index is -0.360. The van der Waals surface area contributed by atoms with Gasteiger partial charge in [-0.05, 0) is 46.0 Å². The van der Waals surface area contributed by atoms with E-state index in [1.165, 1.54) is 12.8 Å². The molecule has 0 bridgehead atoms. The zero-order valence-electron chi connectivity index (χ0n) is 12.4. The van der Waals surface area contributed by atoms with Gasteiger partial charge in [-0.25, -0.2) is 0 Å². The van der Waals surface area contributed by atoms with Gasteiger partial charge in [0.2, 0.25) is 0 Å². The van der Waals surface area contributed by atoms with Crippen molar-refractivity contribution in [1.29, 1.82) is 0 Å². The van der Waals surface area contributed by atoms with Crippen LogP contribution in [0.2, 0.25) is 0 Å². The number of carbonyl (C=O) groups is 1. The second-order valence-corrected chi connectivity index (χ2v) is 7.08. The molecule has 2 heteroatoms. The summed E-state index contributed by atoms with van der Waals surface area (Å²) < 4.78 is 5.98. The molecular formula is C15H28O2. The van der Waals surface area contributed by atoms with Crippen LogP contribution in [-0.4, -0.2) is 11.6 Å². The van der Waals surface area contributed by atoms with Gasteiger partial charge in [-0.15, -0.1) is 0 Å². The molecule has 0 heterocycles. The van der Waals surface area contributed by atoms with Crippen LogP contribution in [0, 0.1) is 10.8 Å².